The molecule has 0 saturated heterocycles. The topological polar surface area (TPSA) is 49.7 Å². The molecule has 1 aromatic rings. The smallest absolute Gasteiger partial charge is 0.387 e. The molecule has 3 nitrogen and oxygen atoms in total. The van der Waals surface area contributed by atoms with E-state index in [0.717, 1.165) is 56.1 Å². The minimum atomic E-state index is -2.83. The molecule has 0 aliphatic heterocycles. The number of halogens is 2. The summed E-state index contributed by atoms with van der Waals surface area (Å²) in [5, 5.41) is 21.6. The van der Waals surface area contributed by atoms with Gasteiger partial charge in [0.05, 0.1) is 12.2 Å². The first-order chi connectivity index (χ1) is 15.2. The summed E-state index contributed by atoms with van der Waals surface area (Å²) in [6.07, 6.45) is 10.6. The first-order valence-electron chi connectivity index (χ1n) is 12.0. The summed E-state index contributed by atoms with van der Waals surface area (Å²) in [7, 11) is 0. The number of fused-ring (bicyclic) bond motifs is 5. The van der Waals surface area contributed by atoms with Crippen LogP contribution in [0.5, 0.6) is 5.75 Å². The minimum absolute atomic E-state index is 0.123. The van der Waals surface area contributed by atoms with Gasteiger partial charge in [-0.2, -0.15) is 8.78 Å². The zero-order valence-corrected chi connectivity index (χ0v) is 18.9. The Labute approximate surface area is 189 Å². The molecule has 0 bridgehead atoms. The fraction of sp³-hybridized carbons (Fsp3) is 0.630. The number of hydrogen-bond donors (Lipinski definition) is 2. The molecule has 5 rings (SSSR count). The average molecular weight is 445 g/mol. The van der Waals surface area contributed by atoms with Crippen LogP contribution in [0.3, 0.4) is 0 Å². The van der Waals surface area contributed by atoms with Gasteiger partial charge in [-0.3, -0.25) is 0 Å². The standard InChI is InChI=1S/C27H34F2O3/c1-26-11-9-19(30)15-18(26)5-8-21-22(26)10-12-27(2)23(21)14-17(24(27)31)13-16-3-6-20(7-4-16)32-25(28)29/h3-7,13,19,21-25,30-31H,8-12,14-15H2,1-2H3/b17-13+. The molecule has 4 aliphatic rings. The monoisotopic (exact) mass is 444 g/mol. The van der Waals surface area contributed by atoms with Crippen molar-refractivity contribution < 1.29 is 23.7 Å². The summed E-state index contributed by atoms with van der Waals surface area (Å²) in [4.78, 5) is 0. The number of aliphatic hydroxyl groups excluding tert-OH is 2. The zero-order valence-electron chi connectivity index (χ0n) is 18.9. The Morgan fingerprint density at radius 3 is 2.50 bits per heavy atom. The van der Waals surface area contributed by atoms with Gasteiger partial charge in [0.1, 0.15) is 5.75 Å². The molecule has 32 heavy (non-hydrogen) atoms. The predicted molar refractivity (Wildman–Crippen MR) is 120 cm³/mol. The number of allylic oxidation sites excluding steroid dienone is 1. The third kappa shape index (κ3) is 3.52. The van der Waals surface area contributed by atoms with Crippen LogP contribution in [0.1, 0.15) is 64.4 Å². The normalized spacial score (nSPS) is 42.3. The number of aliphatic hydroxyl groups is 2. The Bertz CT molecular complexity index is 923. The van der Waals surface area contributed by atoms with Crippen LogP contribution in [0.4, 0.5) is 8.78 Å². The molecular weight excluding hydrogens is 410 g/mol. The van der Waals surface area contributed by atoms with Crippen LogP contribution in [0, 0.1) is 28.6 Å². The number of alkyl halides is 2. The van der Waals surface area contributed by atoms with E-state index in [2.05, 4.69) is 24.7 Å². The second-order valence-corrected chi connectivity index (χ2v) is 11.0. The predicted octanol–water partition coefficient (Wildman–Crippen LogP) is 5.97. The van der Waals surface area contributed by atoms with E-state index < -0.39 is 12.7 Å². The largest absolute Gasteiger partial charge is 0.435 e. The second kappa shape index (κ2) is 7.95. The van der Waals surface area contributed by atoms with Gasteiger partial charge in [-0.1, -0.05) is 43.7 Å². The number of benzene rings is 1. The van der Waals surface area contributed by atoms with Crippen LogP contribution in [0.25, 0.3) is 6.08 Å². The Morgan fingerprint density at radius 1 is 1.03 bits per heavy atom. The van der Waals surface area contributed by atoms with Crippen LogP contribution in [0.2, 0.25) is 0 Å². The molecule has 1 aromatic carbocycles. The summed E-state index contributed by atoms with van der Waals surface area (Å²) < 4.78 is 29.3. The lowest BCUT2D eigenvalue weighted by molar-refractivity contribution is -0.0685. The van der Waals surface area contributed by atoms with Gasteiger partial charge in [0.25, 0.3) is 0 Å². The van der Waals surface area contributed by atoms with Crippen LogP contribution in [-0.2, 0) is 0 Å². The summed E-state index contributed by atoms with van der Waals surface area (Å²) in [6.45, 7) is 1.84. The van der Waals surface area contributed by atoms with Crippen molar-refractivity contribution in [2.75, 3.05) is 0 Å². The van der Waals surface area contributed by atoms with Gasteiger partial charge in [0.15, 0.2) is 0 Å². The number of ether oxygens (including phenoxy) is 1. The van der Waals surface area contributed by atoms with Gasteiger partial charge < -0.3 is 14.9 Å². The van der Waals surface area contributed by atoms with Crippen molar-refractivity contribution in [1.29, 1.82) is 0 Å². The molecule has 0 spiro atoms. The van der Waals surface area contributed by atoms with Gasteiger partial charge in [-0.15, -0.1) is 0 Å². The van der Waals surface area contributed by atoms with Crippen molar-refractivity contribution in [2.24, 2.45) is 28.6 Å². The fourth-order valence-electron chi connectivity index (χ4n) is 7.60. The lowest BCUT2D eigenvalue weighted by atomic mass is 9.48. The zero-order chi connectivity index (χ0) is 22.7. The second-order valence-electron chi connectivity index (χ2n) is 11.0. The third-order valence-corrected chi connectivity index (χ3v) is 9.40. The quantitative estimate of drug-likeness (QED) is 0.565. The molecule has 7 atom stereocenters. The van der Waals surface area contributed by atoms with Gasteiger partial charge >= 0.3 is 6.61 Å². The Kier molecular flexibility index (Phi) is 5.49. The maximum atomic E-state index is 12.4. The van der Waals surface area contributed by atoms with E-state index >= 15 is 0 Å². The molecule has 3 saturated carbocycles. The molecule has 0 aromatic heterocycles. The molecule has 174 valence electrons. The summed E-state index contributed by atoms with van der Waals surface area (Å²) >= 11 is 0. The molecule has 0 heterocycles. The van der Waals surface area contributed by atoms with E-state index in [4.69, 9.17) is 0 Å². The van der Waals surface area contributed by atoms with E-state index in [1.807, 2.05) is 6.08 Å². The number of hydrogen-bond acceptors (Lipinski definition) is 3. The Morgan fingerprint density at radius 2 is 1.78 bits per heavy atom. The summed E-state index contributed by atoms with van der Waals surface area (Å²) in [6, 6.07) is 6.65. The molecule has 4 aliphatic carbocycles. The molecule has 7 unspecified atom stereocenters. The average Bonchev–Trinajstić information content (AvgIpc) is 3.00. The Hall–Kier alpha value is -1.72. The minimum Gasteiger partial charge on any atom is -0.435 e. The molecule has 3 fully saturated rings. The van der Waals surface area contributed by atoms with E-state index in [0.29, 0.717) is 17.8 Å². The lowest BCUT2D eigenvalue weighted by Gasteiger charge is -2.57. The van der Waals surface area contributed by atoms with Crippen molar-refractivity contribution in [3.63, 3.8) is 0 Å². The maximum absolute atomic E-state index is 12.4. The Balaban J connectivity index is 1.40. The van der Waals surface area contributed by atoms with E-state index in [1.54, 1.807) is 24.3 Å². The number of rotatable bonds is 3. The molecule has 0 amide bonds. The summed E-state index contributed by atoms with van der Waals surface area (Å²) in [5.41, 5.74) is 3.47. The SMILES string of the molecule is CC12CCC(O)CC1=CCC1C2CCC2(C)C(O)/C(=C/c3ccc(OC(F)F)cc3)CC12. The van der Waals surface area contributed by atoms with Gasteiger partial charge in [-0.25, -0.2) is 0 Å². The summed E-state index contributed by atoms with van der Waals surface area (Å²) in [5.74, 6) is 1.75. The van der Waals surface area contributed by atoms with Gasteiger partial charge in [-0.05, 0) is 91.4 Å². The molecule has 5 heteroatoms. The fourth-order valence-corrected chi connectivity index (χ4v) is 7.60. The van der Waals surface area contributed by atoms with Crippen LogP contribution in [0.15, 0.2) is 41.5 Å². The van der Waals surface area contributed by atoms with Gasteiger partial charge in [0.2, 0.25) is 0 Å². The van der Waals surface area contributed by atoms with Crippen LogP contribution >= 0.6 is 0 Å². The van der Waals surface area contributed by atoms with E-state index in [1.165, 1.54) is 5.57 Å². The highest BCUT2D eigenvalue weighted by molar-refractivity contribution is 5.56. The van der Waals surface area contributed by atoms with Crippen molar-refractivity contribution in [1.82, 2.24) is 0 Å². The molecule has 0 radical (unpaired) electrons. The first-order valence-corrected chi connectivity index (χ1v) is 12.0. The van der Waals surface area contributed by atoms with Crippen molar-refractivity contribution in [3.05, 3.63) is 47.1 Å². The van der Waals surface area contributed by atoms with Crippen molar-refractivity contribution in [3.8, 4) is 5.75 Å². The molecule has 2 N–H and O–H groups in total. The first kappa shape index (κ1) is 22.1. The molecular formula is C27H34F2O3. The van der Waals surface area contributed by atoms with Gasteiger partial charge in [0, 0.05) is 5.41 Å². The van der Waals surface area contributed by atoms with Crippen LogP contribution in [-0.4, -0.2) is 29.0 Å². The third-order valence-electron chi connectivity index (χ3n) is 9.40. The van der Waals surface area contributed by atoms with Crippen molar-refractivity contribution >= 4 is 6.08 Å². The van der Waals surface area contributed by atoms with E-state index in [-0.39, 0.29) is 22.7 Å². The van der Waals surface area contributed by atoms with Crippen molar-refractivity contribution in [2.45, 2.75) is 77.6 Å². The lowest BCUT2D eigenvalue weighted by Crippen LogP contribution is -2.51. The van der Waals surface area contributed by atoms with E-state index in [9.17, 15) is 19.0 Å². The highest BCUT2D eigenvalue weighted by atomic mass is 19.3. The maximum Gasteiger partial charge on any atom is 0.387 e. The highest BCUT2D eigenvalue weighted by Crippen LogP contribution is 2.65. The highest BCUT2D eigenvalue weighted by Gasteiger charge is 2.59. The van der Waals surface area contributed by atoms with Crippen LogP contribution < -0.4 is 4.74 Å².